The average molecular weight is 568 g/mol. The Balaban J connectivity index is 1.47. The number of hydrogen-bond acceptors (Lipinski definition) is 4. The van der Waals surface area contributed by atoms with Gasteiger partial charge in [0.15, 0.2) is 5.11 Å². The first kappa shape index (κ1) is 28.0. The van der Waals surface area contributed by atoms with Gasteiger partial charge in [-0.2, -0.15) is 0 Å². The van der Waals surface area contributed by atoms with Gasteiger partial charge in [0, 0.05) is 41.9 Å². The number of carboxylic acids is 1. The average Bonchev–Trinajstić information content (AvgIpc) is 3.44. The van der Waals surface area contributed by atoms with Crippen LogP contribution in [0.2, 0.25) is 0 Å². The molecule has 3 N–H and O–H groups in total. The number of nitrogens with one attached hydrogen (secondary N) is 2. The fraction of sp³-hybridized carbons (Fsp3) is 0.250. The smallest absolute Gasteiger partial charge is 0.335 e. The van der Waals surface area contributed by atoms with Crippen molar-refractivity contribution < 1.29 is 14.7 Å². The minimum Gasteiger partial charge on any atom is -0.478 e. The fourth-order valence-corrected chi connectivity index (χ4v) is 5.86. The minimum atomic E-state index is -0.959. The standard InChI is InChI=1S/C32H33N5O3S/c1-19-8-9-20(2)27(17-19)34-28(38)14-16-36-30(29(35-32(36)41)26-7-5-6-15-33-26)25-18-21(3)37(22(25)4)24-12-10-23(11-13-24)31(39)40/h5-13,15,17-18,29-30H,14,16H2,1-4H3,(H,34,38)(H,35,41)(H,39,40)/t29-,30+/m1/s1. The zero-order valence-electron chi connectivity index (χ0n) is 23.5. The number of carbonyl (C=O) groups excluding carboxylic acids is 1. The summed E-state index contributed by atoms with van der Waals surface area (Å²) in [5.41, 5.74) is 7.96. The molecule has 1 aliphatic rings. The normalized spacial score (nSPS) is 16.5. The molecule has 3 heterocycles. The second-order valence-corrected chi connectivity index (χ2v) is 10.8. The Labute approximate surface area is 245 Å². The Morgan fingerprint density at radius 2 is 1.78 bits per heavy atom. The molecule has 2 aromatic carbocycles. The zero-order valence-corrected chi connectivity index (χ0v) is 24.3. The van der Waals surface area contributed by atoms with Crippen molar-refractivity contribution in [1.29, 1.82) is 0 Å². The Hall–Kier alpha value is -4.50. The first-order chi connectivity index (χ1) is 19.6. The lowest BCUT2D eigenvalue weighted by atomic mass is 9.96. The first-order valence-electron chi connectivity index (χ1n) is 13.5. The largest absolute Gasteiger partial charge is 0.478 e. The molecule has 1 aliphatic heterocycles. The van der Waals surface area contributed by atoms with Gasteiger partial charge < -0.3 is 25.2 Å². The van der Waals surface area contributed by atoms with Gasteiger partial charge in [0.2, 0.25) is 5.91 Å². The predicted molar refractivity (Wildman–Crippen MR) is 164 cm³/mol. The van der Waals surface area contributed by atoms with Gasteiger partial charge >= 0.3 is 5.97 Å². The molecular weight excluding hydrogens is 534 g/mol. The number of benzene rings is 2. The molecule has 0 radical (unpaired) electrons. The molecule has 0 unspecified atom stereocenters. The molecule has 4 aromatic rings. The van der Waals surface area contributed by atoms with Gasteiger partial charge in [0.25, 0.3) is 0 Å². The van der Waals surface area contributed by atoms with E-state index in [-0.39, 0.29) is 30.0 Å². The second-order valence-electron chi connectivity index (χ2n) is 10.5. The maximum Gasteiger partial charge on any atom is 0.335 e. The monoisotopic (exact) mass is 567 g/mol. The maximum atomic E-state index is 13.1. The second kappa shape index (κ2) is 11.5. The molecule has 9 heteroatoms. The molecule has 1 saturated heterocycles. The van der Waals surface area contributed by atoms with Gasteiger partial charge in [-0.3, -0.25) is 9.78 Å². The summed E-state index contributed by atoms with van der Waals surface area (Å²) in [7, 11) is 0. The number of carboxylic acid groups (broad SMARTS) is 1. The fourth-order valence-electron chi connectivity index (χ4n) is 5.53. The van der Waals surface area contributed by atoms with Crippen LogP contribution < -0.4 is 10.6 Å². The molecule has 8 nitrogen and oxygen atoms in total. The number of aromatic carboxylic acids is 1. The topological polar surface area (TPSA) is 99.5 Å². The molecule has 2 aromatic heterocycles. The van der Waals surface area contributed by atoms with Crippen LogP contribution in [0.1, 0.15) is 62.6 Å². The highest BCUT2D eigenvalue weighted by Crippen LogP contribution is 2.41. The van der Waals surface area contributed by atoms with E-state index in [0.29, 0.717) is 11.7 Å². The molecular formula is C32H33N5O3S. The van der Waals surface area contributed by atoms with Crippen LogP contribution in [-0.2, 0) is 4.79 Å². The van der Waals surface area contributed by atoms with Gasteiger partial charge in [-0.25, -0.2) is 4.79 Å². The van der Waals surface area contributed by atoms with Gasteiger partial charge in [-0.1, -0.05) is 18.2 Å². The summed E-state index contributed by atoms with van der Waals surface area (Å²) in [6.07, 6.45) is 2.03. The number of amides is 1. The lowest BCUT2D eigenvalue weighted by molar-refractivity contribution is -0.116. The van der Waals surface area contributed by atoms with Crippen molar-refractivity contribution >= 4 is 34.9 Å². The summed E-state index contributed by atoms with van der Waals surface area (Å²) in [6.45, 7) is 8.49. The van der Waals surface area contributed by atoms with Crippen LogP contribution in [0, 0.1) is 27.7 Å². The van der Waals surface area contributed by atoms with Crippen molar-refractivity contribution in [1.82, 2.24) is 19.8 Å². The van der Waals surface area contributed by atoms with E-state index < -0.39 is 5.97 Å². The maximum absolute atomic E-state index is 13.1. The molecule has 0 bridgehead atoms. The van der Waals surface area contributed by atoms with E-state index >= 15 is 0 Å². The third-order valence-corrected chi connectivity index (χ3v) is 7.96. The van der Waals surface area contributed by atoms with Crippen LogP contribution >= 0.6 is 12.2 Å². The number of hydrogen-bond donors (Lipinski definition) is 3. The zero-order chi connectivity index (χ0) is 29.3. The molecule has 210 valence electrons. The van der Waals surface area contributed by atoms with Crippen molar-refractivity contribution in [3.8, 4) is 5.69 Å². The third kappa shape index (κ3) is 5.71. The lowest BCUT2D eigenvalue weighted by Crippen LogP contribution is -2.33. The van der Waals surface area contributed by atoms with Crippen molar-refractivity contribution in [2.75, 3.05) is 11.9 Å². The number of aryl methyl sites for hydroxylation is 3. The molecule has 0 aliphatic carbocycles. The number of carbonyl (C=O) groups is 2. The SMILES string of the molecule is Cc1ccc(C)c(NC(=O)CCN2C(=S)N[C@H](c3ccccn3)[C@@H]2c2cc(C)n(-c3ccc(C(=O)O)cc3)c2C)c1. The Morgan fingerprint density at radius 1 is 1.02 bits per heavy atom. The Kier molecular flexibility index (Phi) is 7.90. The minimum absolute atomic E-state index is 0.0782. The van der Waals surface area contributed by atoms with Crippen LogP contribution in [0.25, 0.3) is 5.69 Å². The number of nitrogens with zero attached hydrogens (tertiary/aromatic N) is 3. The van der Waals surface area contributed by atoms with Crippen molar-refractivity contribution in [3.05, 3.63) is 112 Å². The van der Waals surface area contributed by atoms with Crippen LogP contribution in [-0.4, -0.2) is 43.1 Å². The van der Waals surface area contributed by atoms with E-state index in [9.17, 15) is 14.7 Å². The third-order valence-electron chi connectivity index (χ3n) is 7.61. The summed E-state index contributed by atoms with van der Waals surface area (Å²) in [5.74, 6) is -1.04. The Bertz CT molecular complexity index is 1610. The summed E-state index contributed by atoms with van der Waals surface area (Å²) >= 11 is 5.82. The highest BCUT2D eigenvalue weighted by Gasteiger charge is 2.41. The summed E-state index contributed by atoms with van der Waals surface area (Å²) < 4.78 is 2.11. The number of rotatable bonds is 8. The quantitative estimate of drug-likeness (QED) is 0.231. The van der Waals surface area contributed by atoms with Crippen molar-refractivity contribution in [2.24, 2.45) is 0 Å². The predicted octanol–water partition coefficient (Wildman–Crippen LogP) is 5.81. The number of aromatic nitrogens is 2. The van der Waals surface area contributed by atoms with E-state index in [2.05, 4.69) is 38.1 Å². The van der Waals surface area contributed by atoms with E-state index in [1.807, 2.05) is 69.3 Å². The molecule has 1 fully saturated rings. The van der Waals surface area contributed by atoms with Crippen LogP contribution in [0.3, 0.4) is 0 Å². The molecule has 41 heavy (non-hydrogen) atoms. The van der Waals surface area contributed by atoms with E-state index in [1.165, 1.54) is 0 Å². The van der Waals surface area contributed by atoms with Gasteiger partial charge in [0.1, 0.15) is 0 Å². The number of pyridine rings is 1. The van der Waals surface area contributed by atoms with Gasteiger partial charge in [-0.15, -0.1) is 0 Å². The highest BCUT2D eigenvalue weighted by atomic mass is 32.1. The van der Waals surface area contributed by atoms with Gasteiger partial charge in [-0.05, 0) is 105 Å². The highest BCUT2D eigenvalue weighted by molar-refractivity contribution is 7.80. The van der Waals surface area contributed by atoms with Crippen LogP contribution in [0.5, 0.6) is 0 Å². The number of anilines is 1. The summed E-state index contributed by atoms with van der Waals surface area (Å²) in [6, 6.07) is 20.4. The van der Waals surface area contributed by atoms with Crippen LogP contribution in [0.4, 0.5) is 5.69 Å². The van der Waals surface area contributed by atoms with Crippen LogP contribution in [0.15, 0.2) is 72.9 Å². The van der Waals surface area contributed by atoms with Gasteiger partial charge in [0.05, 0.1) is 23.3 Å². The van der Waals surface area contributed by atoms with Crippen molar-refractivity contribution in [3.63, 3.8) is 0 Å². The number of thiocarbonyl (C=S) groups is 1. The van der Waals surface area contributed by atoms with E-state index in [1.54, 1.807) is 18.3 Å². The molecule has 0 spiro atoms. The van der Waals surface area contributed by atoms with Crippen molar-refractivity contribution in [2.45, 2.75) is 46.2 Å². The molecule has 5 rings (SSSR count). The lowest BCUT2D eigenvalue weighted by Gasteiger charge is -2.28. The summed E-state index contributed by atoms with van der Waals surface area (Å²) in [4.78, 5) is 31.1. The summed E-state index contributed by atoms with van der Waals surface area (Å²) in [5, 5.41) is 16.4. The molecule has 2 atom stereocenters. The first-order valence-corrected chi connectivity index (χ1v) is 13.9. The molecule has 0 saturated carbocycles. The molecule has 1 amide bonds. The van der Waals surface area contributed by atoms with E-state index in [4.69, 9.17) is 12.2 Å². The Morgan fingerprint density at radius 3 is 2.46 bits per heavy atom. The van der Waals surface area contributed by atoms with E-state index in [0.717, 1.165) is 45.1 Å².